The molecule has 1 aliphatic rings. The van der Waals surface area contributed by atoms with Gasteiger partial charge in [0.2, 0.25) is 10.0 Å². The zero-order chi connectivity index (χ0) is 15.6. The lowest BCUT2D eigenvalue weighted by molar-refractivity contribution is 0.213. The van der Waals surface area contributed by atoms with E-state index in [1.54, 1.807) is 12.1 Å². The van der Waals surface area contributed by atoms with E-state index in [2.05, 4.69) is 28.5 Å². The van der Waals surface area contributed by atoms with E-state index in [4.69, 9.17) is 5.73 Å². The van der Waals surface area contributed by atoms with Gasteiger partial charge in [-0.2, -0.15) is 0 Å². The monoisotopic (exact) mass is 312 g/mol. The smallest absolute Gasteiger partial charge is 0.242 e. The van der Waals surface area contributed by atoms with Crippen molar-refractivity contribution in [3.8, 4) is 0 Å². The van der Waals surface area contributed by atoms with E-state index in [1.807, 2.05) is 0 Å². The van der Waals surface area contributed by atoms with Gasteiger partial charge in [-0.3, -0.25) is 4.90 Å². The van der Waals surface area contributed by atoms with E-state index < -0.39 is 10.0 Å². The minimum atomic E-state index is -3.52. The fourth-order valence-corrected chi connectivity index (χ4v) is 3.71. The van der Waals surface area contributed by atoms with E-state index in [1.165, 1.54) is 13.1 Å². The second kappa shape index (κ2) is 6.21. The second-order valence-corrected chi connectivity index (χ2v) is 7.28. The minimum absolute atomic E-state index is 0.254. The normalized spacial score (nSPS) is 20.7. The first kappa shape index (κ1) is 16.1. The van der Waals surface area contributed by atoms with Crippen molar-refractivity contribution in [3.05, 3.63) is 18.2 Å². The zero-order valence-corrected chi connectivity index (χ0v) is 13.7. The Bertz CT molecular complexity index is 603. The lowest BCUT2D eigenvalue weighted by Gasteiger charge is -2.40. The summed E-state index contributed by atoms with van der Waals surface area (Å²) >= 11 is 0. The Morgan fingerprint density at radius 2 is 2.10 bits per heavy atom. The molecule has 1 aliphatic heterocycles. The van der Waals surface area contributed by atoms with Gasteiger partial charge in [0.05, 0.1) is 5.69 Å². The van der Waals surface area contributed by atoms with Gasteiger partial charge >= 0.3 is 0 Å². The molecule has 0 aromatic heterocycles. The van der Waals surface area contributed by atoms with E-state index >= 15 is 0 Å². The number of rotatable bonds is 4. The molecule has 1 heterocycles. The summed E-state index contributed by atoms with van der Waals surface area (Å²) in [4.78, 5) is 4.71. The summed E-state index contributed by atoms with van der Waals surface area (Å²) in [7, 11) is 0.00497. The van der Waals surface area contributed by atoms with Crippen LogP contribution in [0.15, 0.2) is 23.1 Å². The molecule has 0 radical (unpaired) electrons. The predicted octanol–water partition coefficient (Wildman–Crippen LogP) is 0.707. The first-order valence-corrected chi connectivity index (χ1v) is 8.65. The second-order valence-electron chi connectivity index (χ2n) is 5.42. The number of nitrogens with zero attached hydrogens (tertiary/aromatic N) is 2. The maximum absolute atomic E-state index is 12.2. The van der Waals surface area contributed by atoms with E-state index in [0.29, 0.717) is 11.7 Å². The molecule has 0 saturated carbocycles. The average molecular weight is 312 g/mol. The summed E-state index contributed by atoms with van der Waals surface area (Å²) < 4.78 is 26.8. The van der Waals surface area contributed by atoms with Gasteiger partial charge in [0.1, 0.15) is 4.90 Å². The van der Waals surface area contributed by atoms with E-state index in [0.717, 1.165) is 31.7 Å². The highest BCUT2D eigenvalue weighted by Gasteiger charge is 2.27. The summed E-state index contributed by atoms with van der Waals surface area (Å²) in [6.07, 6.45) is 1.04. The highest BCUT2D eigenvalue weighted by Crippen LogP contribution is 2.29. The van der Waals surface area contributed by atoms with Crippen molar-refractivity contribution < 1.29 is 8.42 Å². The summed E-state index contributed by atoms with van der Waals surface area (Å²) in [5.41, 5.74) is 6.94. The van der Waals surface area contributed by atoms with Crippen LogP contribution in [0.4, 0.5) is 11.4 Å². The van der Waals surface area contributed by atoms with E-state index in [9.17, 15) is 8.42 Å². The van der Waals surface area contributed by atoms with Crippen LogP contribution in [0.1, 0.15) is 13.3 Å². The van der Waals surface area contributed by atoms with Crippen molar-refractivity contribution in [2.24, 2.45) is 0 Å². The Labute approximate surface area is 127 Å². The number of hydrogen-bond acceptors (Lipinski definition) is 5. The fraction of sp³-hybridized carbons (Fsp3) is 0.571. The Balaban J connectivity index is 2.40. The van der Waals surface area contributed by atoms with Crippen molar-refractivity contribution >= 4 is 21.4 Å². The lowest BCUT2D eigenvalue weighted by atomic mass is 10.1. The number of nitrogen functional groups attached to an aromatic ring is 1. The molecule has 2 rings (SSSR count). The molecule has 21 heavy (non-hydrogen) atoms. The Hall–Kier alpha value is -1.31. The highest BCUT2D eigenvalue weighted by molar-refractivity contribution is 7.89. The molecule has 1 aromatic carbocycles. The van der Waals surface area contributed by atoms with Gasteiger partial charge in [-0.15, -0.1) is 0 Å². The molecule has 1 fully saturated rings. The van der Waals surface area contributed by atoms with Crippen molar-refractivity contribution in [1.29, 1.82) is 0 Å². The fourth-order valence-electron chi connectivity index (χ4n) is 2.72. The molecule has 1 saturated heterocycles. The Morgan fingerprint density at radius 3 is 2.71 bits per heavy atom. The number of benzene rings is 1. The van der Waals surface area contributed by atoms with Crippen LogP contribution in [0.2, 0.25) is 0 Å². The third-order valence-corrected chi connectivity index (χ3v) is 5.57. The minimum Gasteiger partial charge on any atom is -0.399 e. The molecule has 7 heteroatoms. The third-order valence-electron chi connectivity index (χ3n) is 4.13. The van der Waals surface area contributed by atoms with Crippen LogP contribution in [0, 0.1) is 0 Å². The van der Waals surface area contributed by atoms with Crippen LogP contribution in [0.5, 0.6) is 0 Å². The van der Waals surface area contributed by atoms with Crippen LogP contribution in [0.25, 0.3) is 0 Å². The van der Waals surface area contributed by atoms with Crippen LogP contribution in [0.3, 0.4) is 0 Å². The topological polar surface area (TPSA) is 78.7 Å². The maximum Gasteiger partial charge on any atom is 0.242 e. The molecule has 0 bridgehead atoms. The SMILES string of the molecule is CCC1CN(c2ccc(N)cc2S(=O)(=O)NC)CCN1C. The average Bonchev–Trinajstić information content (AvgIpc) is 2.48. The van der Waals surface area contributed by atoms with Gasteiger partial charge in [-0.25, -0.2) is 13.1 Å². The number of hydrogen-bond donors (Lipinski definition) is 2. The largest absolute Gasteiger partial charge is 0.399 e. The summed E-state index contributed by atoms with van der Waals surface area (Å²) in [5, 5.41) is 0. The van der Waals surface area contributed by atoms with Crippen LogP contribution in [-0.2, 0) is 10.0 Å². The van der Waals surface area contributed by atoms with Gasteiger partial charge in [-0.05, 0) is 38.7 Å². The zero-order valence-electron chi connectivity index (χ0n) is 12.8. The van der Waals surface area contributed by atoms with Crippen molar-refractivity contribution in [1.82, 2.24) is 9.62 Å². The molecule has 0 amide bonds. The summed E-state index contributed by atoms with van der Waals surface area (Å²) in [5.74, 6) is 0. The van der Waals surface area contributed by atoms with Gasteiger partial charge < -0.3 is 10.6 Å². The van der Waals surface area contributed by atoms with Gasteiger partial charge in [-0.1, -0.05) is 6.92 Å². The first-order chi connectivity index (χ1) is 9.89. The standard InChI is InChI=1S/C14H24N4O2S/c1-4-12-10-18(8-7-17(12)3)13-6-5-11(15)9-14(13)21(19,20)16-2/h5-6,9,12,16H,4,7-8,10,15H2,1-3H3. The number of anilines is 2. The van der Waals surface area contributed by atoms with Crippen molar-refractivity contribution in [3.63, 3.8) is 0 Å². The molecule has 118 valence electrons. The number of piperazine rings is 1. The molecule has 1 unspecified atom stereocenters. The van der Waals surface area contributed by atoms with Crippen LogP contribution < -0.4 is 15.4 Å². The molecular formula is C14H24N4O2S. The lowest BCUT2D eigenvalue weighted by Crippen LogP contribution is -2.51. The van der Waals surface area contributed by atoms with Gasteiger partial charge in [0.25, 0.3) is 0 Å². The molecule has 0 spiro atoms. The highest BCUT2D eigenvalue weighted by atomic mass is 32.2. The predicted molar refractivity (Wildman–Crippen MR) is 86.0 cm³/mol. The number of sulfonamides is 1. The quantitative estimate of drug-likeness (QED) is 0.801. The molecule has 0 aliphatic carbocycles. The Kier molecular flexibility index (Phi) is 4.75. The van der Waals surface area contributed by atoms with E-state index in [-0.39, 0.29) is 4.90 Å². The van der Waals surface area contributed by atoms with Crippen LogP contribution in [-0.4, -0.2) is 53.1 Å². The number of nitrogens with one attached hydrogen (secondary N) is 1. The first-order valence-electron chi connectivity index (χ1n) is 7.17. The summed E-state index contributed by atoms with van der Waals surface area (Å²) in [6, 6.07) is 5.52. The molecule has 3 N–H and O–H groups in total. The molecule has 1 atom stereocenters. The molecular weight excluding hydrogens is 288 g/mol. The number of nitrogens with two attached hydrogens (primary N) is 1. The molecule has 1 aromatic rings. The molecule has 6 nitrogen and oxygen atoms in total. The van der Waals surface area contributed by atoms with Crippen molar-refractivity contribution in [2.75, 3.05) is 44.4 Å². The van der Waals surface area contributed by atoms with Gasteiger partial charge in [0, 0.05) is 31.4 Å². The van der Waals surface area contributed by atoms with Crippen molar-refractivity contribution in [2.45, 2.75) is 24.3 Å². The maximum atomic E-state index is 12.2. The van der Waals surface area contributed by atoms with Gasteiger partial charge in [0.15, 0.2) is 0 Å². The van der Waals surface area contributed by atoms with Crippen LogP contribution >= 0.6 is 0 Å². The third kappa shape index (κ3) is 3.30. The summed E-state index contributed by atoms with van der Waals surface area (Å²) in [6.45, 7) is 4.70. The number of likely N-dealkylation sites (N-methyl/N-ethyl adjacent to an activating group) is 1. The Morgan fingerprint density at radius 1 is 1.38 bits per heavy atom.